The van der Waals surface area contributed by atoms with Gasteiger partial charge in [-0.05, 0) is 43.2 Å². The molecule has 0 unspecified atom stereocenters. The molecule has 2 aliphatic heterocycles. The van der Waals surface area contributed by atoms with Gasteiger partial charge in [-0.3, -0.25) is 14.2 Å². The van der Waals surface area contributed by atoms with Gasteiger partial charge in [0.15, 0.2) is 11.5 Å². The van der Waals surface area contributed by atoms with Gasteiger partial charge in [-0.1, -0.05) is 6.07 Å². The number of amides is 1. The predicted octanol–water partition coefficient (Wildman–Crippen LogP) is 2.08. The van der Waals surface area contributed by atoms with Crippen LogP contribution in [0.3, 0.4) is 0 Å². The summed E-state index contributed by atoms with van der Waals surface area (Å²) in [5.74, 6) is 0.280. The number of fused-ring (bicyclic) bond motifs is 2. The third kappa shape index (κ3) is 3.35. The van der Waals surface area contributed by atoms with Crippen LogP contribution in [0.2, 0.25) is 0 Å². The maximum absolute atomic E-state index is 13.6. The number of nitrogens with zero attached hydrogens (tertiary/aromatic N) is 2. The molecule has 3 aromatic rings. The first kappa shape index (κ1) is 19.3. The summed E-state index contributed by atoms with van der Waals surface area (Å²) in [5, 5.41) is 0.131. The molecule has 1 saturated heterocycles. The number of likely N-dealkylation sites (tertiary alicyclic amines) is 1. The minimum Gasteiger partial charge on any atom is -0.486 e. The molecule has 5 rings (SSSR count). The zero-order valence-corrected chi connectivity index (χ0v) is 16.6. The molecule has 0 radical (unpaired) electrons. The molecule has 0 atom stereocenters. The van der Waals surface area contributed by atoms with E-state index in [1.165, 1.54) is 12.1 Å². The lowest BCUT2D eigenvalue weighted by Crippen LogP contribution is -2.45. The average molecular weight is 425 g/mol. The van der Waals surface area contributed by atoms with Crippen LogP contribution in [-0.4, -0.2) is 46.7 Å². The molecule has 160 valence electrons. The van der Waals surface area contributed by atoms with Crippen LogP contribution in [0.25, 0.3) is 10.9 Å². The Morgan fingerprint density at radius 3 is 2.65 bits per heavy atom. The van der Waals surface area contributed by atoms with Crippen LogP contribution in [0.5, 0.6) is 11.5 Å². The topological polar surface area (TPSA) is 93.6 Å². The van der Waals surface area contributed by atoms with Crippen molar-refractivity contribution in [1.29, 1.82) is 0 Å². The fourth-order valence-corrected chi connectivity index (χ4v) is 4.27. The number of aromatic amines is 1. The number of H-pyrrole nitrogens is 1. The molecular weight excluding hydrogens is 405 g/mol. The largest absolute Gasteiger partial charge is 0.486 e. The van der Waals surface area contributed by atoms with Gasteiger partial charge in [0.1, 0.15) is 19.0 Å². The van der Waals surface area contributed by atoms with Crippen LogP contribution in [0.15, 0.2) is 46.0 Å². The van der Waals surface area contributed by atoms with E-state index in [9.17, 15) is 18.8 Å². The van der Waals surface area contributed by atoms with Gasteiger partial charge in [-0.2, -0.15) is 0 Å². The SMILES string of the molecule is O=C(c1cccc2c1OCCO2)N1CCC(n2c(=O)[nH]c3ccc(F)cc3c2=O)CC1. The number of carbonyl (C=O) groups excluding carboxylic acids is 1. The summed E-state index contributed by atoms with van der Waals surface area (Å²) in [4.78, 5) is 42.8. The van der Waals surface area contributed by atoms with E-state index in [0.29, 0.717) is 61.7 Å². The lowest BCUT2D eigenvalue weighted by atomic mass is 10.0. The molecule has 31 heavy (non-hydrogen) atoms. The lowest BCUT2D eigenvalue weighted by Gasteiger charge is -2.33. The summed E-state index contributed by atoms with van der Waals surface area (Å²) in [6, 6.07) is 8.55. The zero-order chi connectivity index (χ0) is 21.5. The van der Waals surface area contributed by atoms with Crippen molar-refractivity contribution in [2.45, 2.75) is 18.9 Å². The van der Waals surface area contributed by atoms with Crippen LogP contribution in [0.4, 0.5) is 4.39 Å². The van der Waals surface area contributed by atoms with Crippen LogP contribution >= 0.6 is 0 Å². The number of carbonyl (C=O) groups is 1. The molecule has 1 fully saturated rings. The van der Waals surface area contributed by atoms with Crippen molar-refractivity contribution >= 4 is 16.8 Å². The van der Waals surface area contributed by atoms with E-state index in [0.717, 1.165) is 10.6 Å². The highest BCUT2D eigenvalue weighted by Crippen LogP contribution is 2.35. The normalized spacial score (nSPS) is 16.5. The standard InChI is InChI=1S/C22H20FN3O5/c23-13-4-5-17-16(12-13)21(28)26(22(29)24-17)14-6-8-25(9-7-14)20(27)15-2-1-3-18-19(15)31-11-10-30-18/h1-5,12,14H,6-11H2,(H,24,29). The Labute approximate surface area is 175 Å². The number of hydrogen-bond acceptors (Lipinski definition) is 5. The number of halogens is 1. The van der Waals surface area contributed by atoms with Gasteiger partial charge in [-0.15, -0.1) is 0 Å². The minimum atomic E-state index is -0.541. The Morgan fingerprint density at radius 2 is 1.84 bits per heavy atom. The molecule has 0 spiro atoms. The van der Waals surface area contributed by atoms with Crippen LogP contribution < -0.4 is 20.7 Å². The van der Waals surface area contributed by atoms with Crippen molar-refractivity contribution in [1.82, 2.24) is 14.5 Å². The summed E-state index contributed by atoms with van der Waals surface area (Å²) in [5.41, 5.74) is -0.314. The summed E-state index contributed by atoms with van der Waals surface area (Å²) in [7, 11) is 0. The number of benzene rings is 2. The maximum Gasteiger partial charge on any atom is 0.329 e. The van der Waals surface area contributed by atoms with E-state index in [1.54, 1.807) is 23.1 Å². The highest BCUT2D eigenvalue weighted by atomic mass is 19.1. The third-order valence-corrected chi connectivity index (χ3v) is 5.80. The molecule has 1 amide bonds. The fraction of sp³-hybridized carbons (Fsp3) is 0.318. The molecule has 1 aromatic heterocycles. The highest BCUT2D eigenvalue weighted by Gasteiger charge is 2.29. The van der Waals surface area contributed by atoms with Crippen LogP contribution in [0.1, 0.15) is 29.2 Å². The lowest BCUT2D eigenvalue weighted by molar-refractivity contribution is 0.0682. The minimum absolute atomic E-state index is 0.131. The second-order valence-electron chi connectivity index (χ2n) is 7.65. The van der Waals surface area contributed by atoms with Gasteiger partial charge in [-0.25, -0.2) is 9.18 Å². The Kier molecular flexibility index (Phi) is 4.72. The van der Waals surface area contributed by atoms with Crippen molar-refractivity contribution in [3.8, 4) is 11.5 Å². The van der Waals surface area contributed by atoms with Gasteiger partial charge in [0.05, 0.1) is 16.5 Å². The molecule has 2 aliphatic rings. The number of hydrogen-bond donors (Lipinski definition) is 1. The molecular formula is C22H20FN3O5. The number of ether oxygens (including phenoxy) is 2. The average Bonchev–Trinajstić information content (AvgIpc) is 2.79. The number of rotatable bonds is 2. The van der Waals surface area contributed by atoms with E-state index in [1.807, 2.05) is 0 Å². The first-order valence-electron chi connectivity index (χ1n) is 10.1. The number of aromatic nitrogens is 2. The third-order valence-electron chi connectivity index (χ3n) is 5.80. The van der Waals surface area contributed by atoms with Crippen molar-refractivity contribution in [2.75, 3.05) is 26.3 Å². The predicted molar refractivity (Wildman–Crippen MR) is 110 cm³/mol. The molecule has 3 heterocycles. The Bertz CT molecular complexity index is 1290. The monoisotopic (exact) mass is 425 g/mol. The van der Waals surface area contributed by atoms with E-state index in [-0.39, 0.29) is 17.3 Å². The van der Waals surface area contributed by atoms with Crippen LogP contribution in [0, 0.1) is 5.82 Å². The van der Waals surface area contributed by atoms with E-state index < -0.39 is 17.1 Å². The Balaban J connectivity index is 1.38. The van der Waals surface area contributed by atoms with Gasteiger partial charge >= 0.3 is 5.69 Å². The smallest absolute Gasteiger partial charge is 0.329 e. The number of nitrogens with one attached hydrogen (secondary N) is 1. The van der Waals surface area contributed by atoms with Crippen molar-refractivity contribution < 1.29 is 18.7 Å². The molecule has 1 N–H and O–H groups in total. The molecule has 0 bridgehead atoms. The molecule has 8 nitrogen and oxygen atoms in total. The quantitative estimate of drug-likeness (QED) is 0.679. The first-order valence-corrected chi connectivity index (χ1v) is 10.1. The molecule has 9 heteroatoms. The molecule has 0 saturated carbocycles. The summed E-state index contributed by atoms with van der Waals surface area (Å²) < 4.78 is 25.9. The van der Waals surface area contributed by atoms with E-state index in [2.05, 4.69) is 4.98 Å². The summed E-state index contributed by atoms with van der Waals surface area (Å²) >= 11 is 0. The fourth-order valence-electron chi connectivity index (χ4n) is 4.27. The van der Waals surface area contributed by atoms with Crippen molar-refractivity contribution in [3.05, 3.63) is 68.6 Å². The van der Waals surface area contributed by atoms with E-state index >= 15 is 0 Å². The van der Waals surface area contributed by atoms with Crippen molar-refractivity contribution in [2.24, 2.45) is 0 Å². The second-order valence-corrected chi connectivity index (χ2v) is 7.65. The van der Waals surface area contributed by atoms with Gasteiger partial charge in [0.25, 0.3) is 11.5 Å². The number of para-hydroxylation sites is 1. The van der Waals surface area contributed by atoms with Crippen LogP contribution in [-0.2, 0) is 0 Å². The Hall–Kier alpha value is -3.62. The Morgan fingerprint density at radius 1 is 1.06 bits per heavy atom. The maximum atomic E-state index is 13.6. The summed E-state index contributed by atoms with van der Waals surface area (Å²) in [6.07, 6.45) is 0.865. The summed E-state index contributed by atoms with van der Waals surface area (Å²) in [6.45, 7) is 1.57. The van der Waals surface area contributed by atoms with Gasteiger partial charge in [0, 0.05) is 19.1 Å². The number of piperidine rings is 1. The molecule has 2 aromatic carbocycles. The van der Waals surface area contributed by atoms with Gasteiger partial charge in [0.2, 0.25) is 0 Å². The molecule has 0 aliphatic carbocycles. The van der Waals surface area contributed by atoms with Crippen molar-refractivity contribution in [3.63, 3.8) is 0 Å². The van der Waals surface area contributed by atoms with Gasteiger partial charge < -0.3 is 19.4 Å². The zero-order valence-electron chi connectivity index (χ0n) is 16.6. The van der Waals surface area contributed by atoms with E-state index in [4.69, 9.17) is 9.47 Å². The second kappa shape index (κ2) is 7.57. The highest BCUT2D eigenvalue weighted by molar-refractivity contribution is 5.98. The first-order chi connectivity index (χ1) is 15.0.